The fraction of sp³-hybridized carbons (Fsp3) is 0.360. The molecule has 0 saturated heterocycles. The van der Waals surface area contributed by atoms with Gasteiger partial charge in [-0.15, -0.1) is 11.3 Å². The first kappa shape index (κ1) is 20.8. The number of nitrogens with zero attached hydrogens (tertiary/aromatic N) is 4. The third-order valence-electron chi connectivity index (χ3n) is 6.51. The van der Waals surface area contributed by atoms with E-state index in [1.54, 1.807) is 18.4 Å². The summed E-state index contributed by atoms with van der Waals surface area (Å²) in [5, 5.41) is 2.07. The van der Waals surface area contributed by atoms with Crippen LogP contribution in [0.3, 0.4) is 0 Å². The van der Waals surface area contributed by atoms with Crippen LogP contribution in [0.15, 0.2) is 46.8 Å². The van der Waals surface area contributed by atoms with Gasteiger partial charge in [0.05, 0.1) is 11.6 Å². The van der Waals surface area contributed by atoms with Crippen LogP contribution in [0.25, 0.3) is 11.3 Å². The minimum Gasteiger partial charge on any atom is -0.369 e. The summed E-state index contributed by atoms with van der Waals surface area (Å²) in [4.78, 5) is 29.8. The molecular weight excluding hydrogens is 418 g/mol. The molecule has 6 nitrogen and oxygen atoms in total. The quantitative estimate of drug-likeness (QED) is 0.641. The fourth-order valence-electron chi connectivity index (χ4n) is 4.57. The van der Waals surface area contributed by atoms with Crippen molar-refractivity contribution in [3.8, 4) is 11.3 Å². The SMILES string of the molecule is Cc1cc(-c2csc([C@@]3(C)N=C(N)N(C)C(=O)[C@@H]3c3ccc(C4CC4)cc3)c2)nc(C)n1. The van der Waals surface area contributed by atoms with Gasteiger partial charge in [0.2, 0.25) is 5.91 Å². The first-order chi connectivity index (χ1) is 15.3. The van der Waals surface area contributed by atoms with Crippen LogP contribution in [0.2, 0.25) is 0 Å². The zero-order valence-electron chi connectivity index (χ0n) is 18.8. The van der Waals surface area contributed by atoms with Crippen LogP contribution in [0.5, 0.6) is 0 Å². The molecule has 2 aromatic heterocycles. The summed E-state index contributed by atoms with van der Waals surface area (Å²) < 4.78 is 0. The van der Waals surface area contributed by atoms with Gasteiger partial charge in [0.15, 0.2) is 5.96 Å². The van der Waals surface area contributed by atoms with Crippen molar-refractivity contribution in [3.63, 3.8) is 0 Å². The van der Waals surface area contributed by atoms with Crippen LogP contribution < -0.4 is 5.73 Å². The maximum Gasteiger partial charge on any atom is 0.239 e. The maximum atomic E-state index is 13.5. The molecule has 1 fully saturated rings. The van der Waals surface area contributed by atoms with Crippen LogP contribution in [-0.4, -0.2) is 33.8 Å². The van der Waals surface area contributed by atoms with Gasteiger partial charge in [-0.25, -0.2) is 15.0 Å². The van der Waals surface area contributed by atoms with E-state index in [9.17, 15) is 4.79 Å². The van der Waals surface area contributed by atoms with Crippen molar-refractivity contribution < 1.29 is 4.79 Å². The Morgan fingerprint density at radius 1 is 1.09 bits per heavy atom. The van der Waals surface area contributed by atoms with Crippen LogP contribution in [0, 0.1) is 13.8 Å². The Morgan fingerprint density at radius 2 is 1.78 bits per heavy atom. The summed E-state index contributed by atoms with van der Waals surface area (Å²) in [7, 11) is 1.69. The second-order valence-corrected chi connectivity index (χ2v) is 9.94. The number of amides is 1. The van der Waals surface area contributed by atoms with Gasteiger partial charge in [-0.1, -0.05) is 24.3 Å². The number of rotatable bonds is 4. The minimum atomic E-state index is -0.797. The fourth-order valence-corrected chi connectivity index (χ4v) is 5.61. The van der Waals surface area contributed by atoms with Crippen molar-refractivity contribution >= 4 is 23.2 Å². The summed E-state index contributed by atoms with van der Waals surface area (Å²) in [6.45, 7) is 5.87. The first-order valence-electron chi connectivity index (χ1n) is 10.9. The number of hydrogen-bond acceptors (Lipinski definition) is 6. The van der Waals surface area contributed by atoms with Crippen LogP contribution in [-0.2, 0) is 10.3 Å². The average molecular weight is 446 g/mol. The number of benzene rings is 1. The second kappa shape index (κ2) is 7.52. The highest BCUT2D eigenvalue weighted by Crippen LogP contribution is 2.47. The number of carbonyl (C=O) groups excluding carboxylic acids is 1. The number of nitrogens with two attached hydrogens (primary N) is 1. The topological polar surface area (TPSA) is 84.5 Å². The molecule has 0 radical (unpaired) electrons. The molecule has 1 aromatic carbocycles. The first-order valence-corrected chi connectivity index (χ1v) is 11.8. The molecule has 1 amide bonds. The van der Waals surface area contributed by atoms with E-state index in [2.05, 4.69) is 45.7 Å². The molecule has 164 valence electrons. The molecule has 5 rings (SSSR count). The third kappa shape index (κ3) is 3.50. The molecule has 3 heterocycles. The molecule has 0 spiro atoms. The van der Waals surface area contributed by atoms with E-state index in [4.69, 9.17) is 10.7 Å². The Kier molecular flexibility index (Phi) is 4.89. The van der Waals surface area contributed by atoms with Crippen molar-refractivity contribution in [3.05, 3.63) is 69.3 Å². The van der Waals surface area contributed by atoms with Crippen LogP contribution >= 0.6 is 11.3 Å². The molecule has 1 aliphatic carbocycles. The number of likely N-dealkylation sites (N-methyl/N-ethyl adjacent to an activating group) is 1. The standard InChI is InChI=1S/C25H27N5OS/c1-14-11-20(28-15(2)27-14)19-12-21(32-13-19)25(3)22(23(31)30(4)24(26)29-25)18-9-7-17(8-10-18)16-5-6-16/h7-13,16,22H,5-6H2,1-4H3,(H2,26,29)/t22-,25+/m0/s1. The summed E-state index contributed by atoms with van der Waals surface area (Å²) >= 11 is 1.59. The highest BCUT2D eigenvalue weighted by atomic mass is 32.1. The number of aromatic nitrogens is 2. The highest BCUT2D eigenvalue weighted by Gasteiger charge is 2.48. The number of thiophene rings is 1. The molecule has 2 atom stereocenters. The monoisotopic (exact) mass is 445 g/mol. The number of aliphatic imine (C=N–C) groups is 1. The van der Waals surface area contributed by atoms with Crippen LogP contribution in [0.1, 0.15) is 59.1 Å². The summed E-state index contributed by atoms with van der Waals surface area (Å²) in [6.07, 6.45) is 2.51. The highest BCUT2D eigenvalue weighted by molar-refractivity contribution is 7.10. The normalized spacial score (nSPS) is 23.4. The number of guanidine groups is 1. The predicted molar refractivity (Wildman–Crippen MR) is 128 cm³/mol. The Balaban J connectivity index is 1.59. The third-order valence-corrected chi connectivity index (χ3v) is 7.67. The Morgan fingerprint density at radius 3 is 2.44 bits per heavy atom. The summed E-state index contributed by atoms with van der Waals surface area (Å²) in [5.74, 6) is 1.17. The zero-order chi connectivity index (χ0) is 22.6. The van der Waals surface area contributed by atoms with Gasteiger partial charge in [0.25, 0.3) is 0 Å². The van der Waals surface area contributed by atoms with E-state index in [1.807, 2.05) is 26.8 Å². The van der Waals surface area contributed by atoms with Crippen molar-refractivity contribution in [2.45, 2.75) is 51.0 Å². The van der Waals surface area contributed by atoms with Gasteiger partial charge < -0.3 is 5.73 Å². The van der Waals surface area contributed by atoms with E-state index in [0.29, 0.717) is 5.92 Å². The molecule has 1 aliphatic heterocycles. The van der Waals surface area contributed by atoms with Gasteiger partial charge in [-0.3, -0.25) is 9.69 Å². The van der Waals surface area contributed by atoms with Crippen molar-refractivity contribution in [1.29, 1.82) is 0 Å². The summed E-state index contributed by atoms with van der Waals surface area (Å²) in [5.41, 5.74) is 10.5. The van der Waals surface area contributed by atoms with Gasteiger partial charge in [-0.05, 0) is 62.8 Å². The molecule has 1 saturated carbocycles. The van der Waals surface area contributed by atoms with Crippen molar-refractivity contribution in [2.24, 2.45) is 10.7 Å². The average Bonchev–Trinajstić information content (AvgIpc) is 3.47. The molecule has 2 N–H and O–H groups in total. The molecule has 32 heavy (non-hydrogen) atoms. The van der Waals surface area contributed by atoms with E-state index in [-0.39, 0.29) is 11.9 Å². The largest absolute Gasteiger partial charge is 0.369 e. The van der Waals surface area contributed by atoms with Crippen molar-refractivity contribution in [2.75, 3.05) is 7.05 Å². The zero-order valence-corrected chi connectivity index (χ0v) is 19.6. The minimum absolute atomic E-state index is 0.0390. The number of hydrogen-bond donors (Lipinski definition) is 1. The predicted octanol–water partition coefficient (Wildman–Crippen LogP) is 4.49. The lowest BCUT2D eigenvalue weighted by Gasteiger charge is -2.40. The molecule has 2 aliphatic rings. The van der Waals surface area contributed by atoms with Crippen molar-refractivity contribution in [1.82, 2.24) is 14.9 Å². The smallest absolute Gasteiger partial charge is 0.239 e. The molecular formula is C25H27N5OS. The Labute approximate surface area is 192 Å². The number of carbonyl (C=O) groups is 1. The van der Waals surface area contributed by atoms with E-state index < -0.39 is 11.5 Å². The van der Waals surface area contributed by atoms with Gasteiger partial charge >= 0.3 is 0 Å². The molecule has 0 unspecified atom stereocenters. The van der Waals surface area contributed by atoms with E-state index in [1.165, 1.54) is 23.3 Å². The second-order valence-electron chi connectivity index (χ2n) is 9.03. The Hall–Kier alpha value is -3.06. The molecule has 7 heteroatoms. The van der Waals surface area contributed by atoms with Gasteiger partial charge in [0, 0.05) is 28.6 Å². The van der Waals surface area contributed by atoms with Crippen LogP contribution in [0.4, 0.5) is 0 Å². The van der Waals surface area contributed by atoms with E-state index >= 15 is 0 Å². The summed E-state index contributed by atoms with van der Waals surface area (Å²) in [6, 6.07) is 12.6. The molecule has 0 bridgehead atoms. The number of aryl methyl sites for hydroxylation is 2. The van der Waals surface area contributed by atoms with E-state index in [0.717, 1.165) is 33.2 Å². The lowest BCUT2D eigenvalue weighted by Crippen LogP contribution is -2.52. The van der Waals surface area contributed by atoms with Gasteiger partial charge in [0.1, 0.15) is 11.4 Å². The maximum absolute atomic E-state index is 13.5. The molecule has 3 aromatic rings. The Bertz CT molecular complexity index is 1210. The van der Waals surface area contributed by atoms with Gasteiger partial charge in [-0.2, -0.15) is 0 Å². The lowest BCUT2D eigenvalue weighted by molar-refractivity contribution is -0.130. The lowest BCUT2D eigenvalue weighted by atomic mass is 9.77.